The van der Waals surface area contributed by atoms with Crippen molar-refractivity contribution in [2.24, 2.45) is 11.8 Å². The van der Waals surface area contributed by atoms with Crippen molar-refractivity contribution in [3.05, 3.63) is 29.8 Å². The van der Waals surface area contributed by atoms with E-state index >= 15 is 0 Å². The van der Waals surface area contributed by atoms with Crippen molar-refractivity contribution in [2.45, 2.75) is 38.5 Å². The molecule has 1 aromatic carbocycles. The Morgan fingerprint density at radius 1 is 1.04 bits per heavy atom. The van der Waals surface area contributed by atoms with Gasteiger partial charge in [-0.1, -0.05) is 12.1 Å². The SMILES string of the molecule is N#Cc1ccccc1NC(=O)C1CCC(C(=O)N2CCCC2)CC1. The van der Waals surface area contributed by atoms with Crippen molar-refractivity contribution in [2.75, 3.05) is 18.4 Å². The van der Waals surface area contributed by atoms with E-state index in [1.807, 2.05) is 11.0 Å². The number of likely N-dealkylation sites (tertiary alicyclic amines) is 1. The van der Waals surface area contributed by atoms with Crippen molar-refractivity contribution in [1.82, 2.24) is 4.90 Å². The average molecular weight is 325 g/mol. The molecule has 1 saturated heterocycles. The first kappa shape index (κ1) is 16.5. The molecule has 5 nitrogen and oxygen atoms in total. The summed E-state index contributed by atoms with van der Waals surface area (Å²) in [5.74, 6) is 0.254. The number of amides is 2. The molecule has 126 valence electrons. The molecule has 5 heteroatoms. The minimum atomic E-state index is -0.0700. The molecule has 3 rings (SSSR count). The van der Waals surface area contributed by atoms with E-state index in [1.165, 1.54) is 0 Å². The number of benzene rings is 1. The highest BCUT2D eigenvalue weighted by Gasteiger charge is 2.33. The largest absolute Gasteiger partial charge is 0.342 e. The summed E-state index contributed by atoms with van der Waals surface area (Å²) in [6.45, 7) is 1.79. The quantitative estimate of drug-likeness (QED) is 0.928. The van der Waals surface area contributed by atoms with Crippen LogP contribution in [-0.2, 0) is 9.59 Å². The van der Waals surface area contributed by atoms with Gasteiger partial charge in [-0.05, 0) is 50.7 Å². The van der Waals surface area contributed by atoms with Gasteiger partial charge in [-0.3, -0.25) is 9.59 Å². The maximum atomic E-state index is 12.5. The number of nitrogens with one attached hydrogen (secondary N) is 1. The van der Waals surface area contributed by atoms with Crippen molar-refractivity contribution >= 4 is 17.5 Å². The minimum Gasteiger partial charge on any atom is -0.342 e. The smallest absolute Gasteiger partial charge is 0.227 e. The van der Waals surface area contributed by atoms with Gasteiger partial charge >= 0.3 is 0 Å². The fourth-order valence-electron chi connectivity index (χ4n) is 3.72. The van der Waals surface area contributed by atoms with E-state index in [0.717, 1.165) is 51.6 Å². The van der Waals surface area contributed by atoms with E-state index in [4.69, 9.17) is 5.26 Å². The summed E-state index contributed by atoms with van der Waals surface area (Å²) in [6.07, 6.45) is 5.28. The Morgan fingerprint density at radius 2 is 1.67 bits per heavy atom. The van der Waals surface area contributed by atoms with Crippen LogP contribution in [0.2, 0.25) is 0 Å². The molecule has 1 N–H and O–H groups in total. The van der Waals surface area contributed by atoms with E-state index in [-0.39, 0.29) is 23.7 Å². The standard InChI is InChI=1S/C19H23N3O2/c20-13-16-5-1-2-6-17(16)21-18(23)14-7-9-15(10-8-14)19(24)22-11-3-4-12-22/h1-2,5-6,14-15H,3-4,7-12H2,(H,21,23). The Bertz CT molecular complexity index is 651. The van der Waals surface area contributed by atoms with Crippen molar-refractivity contribution in [3.63, 3.8) is 0 Å². The summed E-state index contributed by atoms with van der Waals surface area (Å²) in [4.78, 5) is 26.9. The van der Waals surface area contributed by atoms with Gasteiger partial charge in [0.2, 0.25) is 11.8 Å². The molecule has 0 aromatic heterocycles. The van der Waals surface area contributed by atoms with Gasteiger partial charge in [-0.2, -0.15) is 5.26 Å². The molecule has 1 aliphatic heterocycles. The van der Waals surface area contributed by atoms with Crippen LogP contribution in [0.1, 0.15) is 44.1 Å². The molecule has 0 atom stereocenters. The van der Waals surface area contributed by atoms with Crippen LogP contribution < -0.4 is 5.32 Å². The number of nitriles is 1. The number of para-hydroxylation sites is 1. The normalized spacial score (nSPS) is 23.5. The lowest BCUT2D eigenvalue weighted by atomic mass is 9.81. The fourth-order valence-corrected chi connectivity index (χ4v) is 3.72. The van der Waals surface area contributed by atoms with Crippen LogP contribution in [0.15, 0.2) is 24.3 Å². The second-order valence-electron chi connectivity index (χ2n) is 6.73. The zero-order valence-corrected chi connectivity index (χ0v) is 13.8. The second kappa shape index (κ2) is 7.48. The predicted molar refractivity (Wildman–Crippen MR) is 91.0 cm³/mol. The van der Waals surface area contributed by atoms with Crippen LogP contribution in [0.25, 0.3) is 0 Å². The molecular formula is C19H23N3O2. The highest BCUT2D eigenvalue weighted by Crippen LogP contribution is 2.32. The molecule has 2 aliphatic rings. The highest BCUT2D eigenvalue weighted by molar-refractivity contribution is 5.94. The van der Waals surface area contributed by atoms with Crippen LogP contribution in [-0.4, -0.2) is 29.8 Å². The topological polar surface area (TPSA) is 73.2 Å². The molecule has 0 bridgehead atoms. The molecule has 0 spiro atoms. The summed E-state index contributed by atoms with van der Waals surface area (Å²) in [5.41, 5.74) is 1.05. The number of rotatable bonds is 3. The lowest BCUT2D eigenvalue weighted by molar-refractivity contribution is -0.136. The third-order valence-corrected chi connectivity index (χ3v) is 5.17. The predicted octanol–water partition coefficient (Wildman–Crippen LogP) is 2.93. The number of nitrogens with zero attached hydrogens (tertiary/aromatic N) is 2. The van der Waals surface area contributed by atoms with Crippen LogP contribution in [0.3, 0.4) is 0 Å². The summed E-state index contributed by atoms with van der Waals surface area (Å²) < 4.78 is 0. The maximum Gasteiger partial charge on any atom is 0.227 e. The van der Waals surface area contributed by atoms with E-state index in [9.17, 15) is 9.59 Å². The average Bonchev–Trinajstić information content (AvgIpc) is 3.16. The lowest BCUT2D eigenvalue weighted by Gasteiger charge is -2.29. The molecule has 0 radical (unpaired) electrons. The molecule has 2 amide bonds. The molecule has 1 saturated carbocycles. The molecule has 24 heavy (non-hydrogen) atoms. The molecule has 0 unspecified atom stereocenters. The van der Waals surface area contributed by atoms with Crippen molar-refractivity contribution < 1.29 is 9.59 Å². The van der Waals surface area contributed by atoms with Crippen LogP contribution in [0.4, 0.5) is 5.69 Å². The van der Waals surface area contributed by atoms with Gasteiger partial charge < -0.3 is 10.2 Å². The van der Waals surface area contributed by atoms with Crippen molar-refractivity contribution in [3.8, 4) is 6.07 Å². The Balaban J connectivity index is 1.53. The Kier molecular flexibility index (Phi) is 5.14. The molecule has 1 heterocycles. The molecule has 1 aliphatic carbocycles. The van der Waals surface area contributed by atoms with E-state index in [0.29, 0.717) is 11.3 Å². The first-order valence-electron chi connectivity index (χ1n) is 8.78. The summed E-state index contributed by atoms with van der Waals surface area (Å²) in [6, 6.07) is 9.13. The zero-order valence-electron chi connectivity index (χ0n) is 13.8. The number of anilines is 1. The summed E-state index contributed by atoms with van der Waals surface area (Å²) >= 11 is 0. The summed E-state index contributed by atoms with van der Waals surface area (Å²) in [5, 5.41) is 12.0. The van der Waals surface area contributed by atoms with Crippen LogP contribution in [0.5, 0.6) is 0 Å². The summed E-state index contributed by atoms with van der Waals surface area (Å²) in [7, 11) is 0. The number of hydrogen-bond donors (Lipinski definition) is 1. The Hall–Kier alpha value is -2.35. The van der Waals surface area contributed by atoms with Gasteiger partial charge in [-0.15, -0.1) is 0 Å². The van der Waals surface area contributed by atoms with E-state index < -0.39 is 0 Å². The third kappa shape index (κ3) is 3.59. The first-order chi connectivity index (χ1) is 11.7. The van der Waals surface area contributed by atoms with Gasteiger partial charge in [0.25, 0.3) is 0 Å². The second-order valence-corrected chi connectivity index (χ2v) is 6.73. The lowest BCUT2D eigenvalue weighted by Crippen LogP contribution is -2.37. The van der Waals surface area contributed by atoms with E-state index in [2.05, 4.69) is 11.4 Å². The van der Waals surface area contributed by atoms with Gasteiger partial charge in [0.15, 0.2) is 0 Å². The monoisotopic (exact) mass is 325 g/mol. The van der Waals surface area contributed by atoms with E-state index in [1.54, 1.807) is 18.2 Å². The maximum absolute atomic E-state index is 12.5. The van der Waals surface area contributed by atoms with Gasteiger partial charge in [0.1, 0.15) is 6.07 Å². The van der Waals surface area contributed by atoms with Gasteiger partial charge in [-0.25, -0.2) is 0 Å². The Morgan fingerprint density at radius 3 is 2.33 bits per heavy atom. The molecule has 1 aromatic rings. The number of hydrogen-bond acceptors (Lipinski definition) is 3. The zero-order chi connectivity index (χ0) is 16.9. The first-order valence-corrected chi connectivity index (χ1v) is 8.78. The highest BCUT2D eigenvalue weighted by atomic mass is 16.2. The number of carbonyl (C=O) groups excluding carboxylic acids is 2. The Labute approximate surface area is 142 Å². The van der Waals surface area contributed by atoms with Gasteiger partial charge in [0, 0.05) is 24.9 Å². The van der Waals surface area contributed by atoms with Crippen LogP contribution in [0, 0.1) is 23.2 Å². The fraction of sp³-hybridized carbons (Fsp3) is 0.526. The minimum absolute atomic E-state index is 0.0372. The van der Waals surface area contributed by atoms with Crippen LogP contribution >= 0.6 is 0 Å². The molecule has 2 fully saturated rings. The molecular weight excluding hydrogens is 302 g/mol. The third-order valence-electron chi connectivity index (χ3n) is 5.17. The van der Waals surface area contributed by atoms with Crippen molar-refractivity contribution in [1.29, 1.82) is 5.26 Å². The van der Waals surface area contributed by atoms with Gasteiger partial charge in [0.05, 0.1) is 11.3 Å². The number of carbonyl (C=O) groups is 2.